The number of hydrogen-bond donors (Lipinski definition) is 2. The van der Waals surface area contributed by atoms with Crippen LogP contribution in [0.4, 0.5) is 4.79 Å². The number of nitrogens with one attached hydrogen (secondary N) is 1. The highest BCUT2D eigenvalue weighted by Crippen LogP contribution is 2.10. The van der Waals surface area contributed by atoms with Crippen LogP contribution in [0.3, 0.4) is 0 Å². The van der Waals surface area contributed by atoms with Crippen LogP contribution in [-0.2, 0) is 11.3 Å². The second kappa shape index (κ2) is 8.70. The van der Waals surface area contributed by atoms with E-state index in [-0.39, 0.29) is 6.61 Å². The number of thiocarbonyl (C=S) groups is 1. The van der Waals surface area contributed by atoms with Gasteiger partial charge < -0.3 is 15.8 Å². The van der Waals surface area contributed by atoms with Crippen molar-refractivity contribution in [2.24, 2.45) is 5.73 Å². The van der Waals surface area contributed by atoms with Crippen molar-refractivity contribution in [3.8, 4) is 0 Å². The lowest BCUT2D eigenvalue weighted by Gasteiger charge is -2.06. The summed E-state index contributed by atoms with van der Waals surface area (Å²) in [6.45, 7) is 0.611. The van der Waals surface area contributed by atoms with Gasteiger partial charge in [-0.2, -0.15) is 0 Å². The fourth-order valence-electron chi connectivity index (χ4n) is 1.97. The highest BCUT2D eigenvalue weighted by molar-refractivity contribution is 7.80. The Kier molecular flexibility index (Phi) is 6.32. The molecule has 0 bridgehead atoms. The van der Waals surface area contributed by atoms with Gasteiger partial charge in [-0.25, -0.2) is 4.79 Å². The maximum Gasteiger partial charge on any atom is 0.407 e. The number of rotatable bonds is 6. The predicted octanol–water partition coefficient (Wildman–Crippen LogP) is 3.26. The first kappa shape index (κ1) is 16.7. The number of amides is 1. The summed E-state index contributed by atoms with van der Waals surface area (Å²) in [4.78, 5) is 11.9. The summed E-state index contributed by atoms with van der Waals surface area (Å²) in [6, 6.07) is 17.1. The molecule has 0 saturated carbocycles. The molecule has 0 saturated heterocycles. The van der Waals surface area contributed by atoms with E-state index in [4.69, 9.17) is 22.7 Å². The van der Waals surface area contributed by atoms with Crippen LogP contribution in [-0.4, -0.2) is 17.6 Å². The second-order valence-electron chi connectivity index (χ2n) is 4.80. The van der Waals surface area contributed by atoms with Gasteiger partial charge in [-0.1, -0.05) is 79.0 Å². The largest absolute Gasteiger partial charge is 0.445 e. The van der Waals surface area contributed by atoms with Crippen LogP contribution in [0.15, 0.2) is 60.7 Å². The average molecular weight is 326 g/mol. The molecule has 1 amide bonds. The number of ether oxygens (including phenoxy) is 1. The van der Waals surface area contributed by atoms with E-state index in [1.807, 2.05) is 66.7 Å². The predicted molar refractivity (Wildman–Crippen MR) is 96.0 cm³/mol. The van der Waals surface area contributed by atoms with Gasteiger partial charge in [0.2, 0.25) is 0 Å². The van der Waals surface area contributed by atoms with Crippen molar-refractivity contribution in [2.75, 3.05) is 6.54 Å². The third-order valence-electron chi connectivity index (χ3n) is 3.10. The summed E-state index contributed by atoms with van der Waals surface area (Å²) in [5.41, 5.74) is 8.34. The molecule has 5 heteroatoms. The molecule has 0 fully saturated rings. The fourth-order valence-corrected chi connectivity index (χ4v) is 2.15. The zero-order chi connectivity index (χ0) is 16.5. The van der Waals surface area contributed by atoms with E-state index in [2.05, 4.69) is 5.32 Å². The van der Waals surface area contributed by atoms with Gasteiger partial charge in [0.1, 0.15) is 11.6 Å². The molecule has 3 N–H and O–H groups in total. The van der Waals surface area contributed by atoms with Crippen LogP contribution >= 0.6 is 12.2 Å². The molecule has 4 nitrogen and oxygen atoms in total. The number of carbonyl (C=O) groups is 1. The number of carbonyl (C=O) groups excluding carboxylic acids is 1. The standard InChI is InChI=1S/C18H18N2O2S/c19-17(23)16-11-5-4-9-15(16)10-6-12-20-18(21)22-13-14-7-2-1-3-8-14/h1-11H,12-13H2,(H2,19,23)(H,20,21). The van der Waals surface area contributed by atoms with Crippen LogP contribution < -0.4 is 11.1 Å². The van der Waals surface area contributed by atoms with Crippen molar-refractivity contribution >= 4 is 29.4 Å². The molecule has 2 aromatic carbocycles. The summed E-state index contributed by atoms with van der Waals surface area (Å²) in [5.74, 6) is 0. The van der Waals surface area contributed by atoms with E-state index >= 15 is 0 Å². The Morgan fingerprint density at radius 3 is 2.57 bits per heavy atom. The van der Waals surface area contributed by atoms with Gasteiger partial charge >= 0.3 is 6.09 Å². The van der Waals surface area contributed by atoms with Gasteiger partial charge in [0.25, 0.3) is 0 Å². The zero-order valence-electron chi connectivity index (χ0n) is 12.6. The van der Waals surface area contributed by atoms with E-state index in [1.54, 1.807) is 0 Å². The molecule has 0 spiro atoms. The summed E-state index contributed by atoms with van der Waals surface area (Å²) in [5, 5.41) is 2.66. The monoisotopic (exact) mass is 326 g/mol. The topological polar surface area (TPSA) is 64.3 Å². The average Bonchev–Trinajstić information content (AvgIpc) is 2.58. The lowest BCUT2D eigenvalue weighted by Crippen LogP contribution is -2.24. The minimum atomic E-state index is -0.457. The smallest absolute Gasteiger partial charge is 0.407 e. The Hall–Kier alpha value is -2.66. The molecule has 0 aliphatic carbocycles. The molecule has 2 aromatic rings. The highest BCUT2D eigenvalue weighted by atomic mass is 32.1. The summed E-state index contributed by atoms with van der Waals surface area (Å²) < 4.78 is 5.12. The first-order valence-corrected chi connectivity index (χ1v) is 7.57. The zero-order valence-corrected chi connectivity index (χ0v) is 13.4. The quantitative estimate of drug-likeness (QED) is 0.800. The van der Waals surface area contributed by atoms with Crippen LogP contribution in [0.2, 0.25) is 0 Å². The van der Waals surface area contributed by atoms with Crippen molar-refractivity contribution in [1.82, 2.24) is 5.32 Å². The van der Waals surface area contributed by atoms with Crippen molar-refractivity contribution in [1.29, 1.82) is 0 Å². The van der Waals surface area contributed by atoms with Crippen LogP contribution in [0.25, 0.3) is 6.08 Å². The van der Waals surface area contributed by atoms with E-state index < -0.39 is 6.09 Å². The van der Waals surface area contributed by atoms with Crippen LogP contribution in [0.1, 0.15) is 16.7 Å². The molecule has 2 rings (SSSR count). The van der Waals surface area contributed by atoms with Gasteiger partial charge in [0.05, 0.1) is 0 Å². The molecule has 0 aliphatic heterocycles. The number of nitrogens with two attached hydrogens (primary N) is 1. The SMILES string of the molecule is NC(=S)c1ccccc1C=CCNC(=O)OCc1ccccc1. The molecular formula is C18H18N2O2S. The Labute approximate surface area is 141 Å². The fraction of sp³-hybridized carbons (Fsp3) is 0.111. The lowest BCUT2D eigenvalue weighted by atomic mass is 10.1. The number of hydrogen-bond acceptors (Lipinski definition) is 3. The summed E-state index contributed by atoms with van der Waals surface area (Å²) in [7, 11) is 0. The molecule has 0 atom stereocenters. The Bertz CT molecular complexity index is 699. The number of benzene rings is 2. The Balaban J connectivity index is 1.78. The maximum absolute atomic E-state index is 11.6. The van der Waals surface area contributed by atoms with Gasteiger partial charge in [-0.3, -0.25) is 0 Å². The molecule has 0 aliphatic rings. The van der Waals surface area contributed by atoms with E-state index in [0.717, 1.165) is 16.7 Å². The van der Waals surface area contributed by atoms with Crippen molar-refractivity contribution in [3.63, 3.8) is 0 Å². The second-order valence-corrected chi connectivity index (χ2v) is 5.24. The van der Waals surface area contributed by atoms with Crippen LogP contribution in [0.5, 0.6) is 0 Å². The van der Waals surface area contributed by atoms with Gasteiger partial charge in [-0.15, -0.1) is 0 Å². The summed E-state index contributed by atoms with van der Waals surface area (Å²) >= 11 is 5.01. The van der Waals surface area contributed by atoms with Gasteiger partial charge in [-0.05, 0) is 11.1 Å². The molecule has 0 radical (unpaired) electrons. The molecule has 118 valence electrons. The van der Waals surface area contributed by atoms with Crippen molar-refractivity contribution in [3.05, 3.63) is 77.4 Å². The maximum atomic E-state index is 11.6. The Morgan fingerprint density at radius 1 is 1.13 bits per heavy atom. The third-order valence-corrected chi connectivity index (χ3v) is 3.32. The molecule has 0 heterocycles. The lowest BCUT2D eigenvalue weighted by molar-refractivity contribution is 0.141. The molecule has 0 unspecified atom stereocenters. The number of alkyl carbamates (subject to hydrolysis) is 1. The van der Waals surface area contributed by atoms with E-state index in [1.165, 1.54) is 0 Å². The normalized spacial score (nSPS) is 10.4. The van der Waals surface area contributed by atoms with Crippen LogP contribution in [0, 0.1) is 0 Å². The summed E-state index contributed by atoms with van der Waals surface area (Å²) in [6.07, 6.45) is 3.23. The molecular weight excluding hydrogens is 308 g/mol. The highest BCUT2D eigenvalue weighted by Gasteiger charge is 2.02. The van der Waals surface area contributed by atoms with Crippen molar-refractivity contribution in [2.45, 2.75) is 6.61 Å². The van der Waals surface area contributed by atoms with Gasteiger partial charge in [0.15, 0.2) is 0 Å². The van der Waals surface area contributed by atoms with E-state index in [0.29, 0.717) is 11.5 Å². The van der Waals surface area contributed by atoms with Crippen molar-refractivity contribution < 1.29 is 9.53 Å². The van der Waals surface area contributed by atoms with E-state index in [9.17, 15) is 4.79 Å². The van der Waals surface area contributed by atoms with Gasteiger partial charge in [0, 0.05) is 12.1 Å². The minimum absolute atomic E-state index is 0.251. The first-order chi connectivity index (χ1) is 11.2. The first-order valence-electron chi connectivity index (χ1n) is 7.17. The third kappa shape index (κ3) is 5.56. The molecule has 23 heavy (non-hydrogen) atoms. The minimum Gasteiger partial charge on any atom is -0.445 e. The Morgan fingerprint density at radius 2 is 1.83 bits per heavy atom. The molecule has 0 aromatic heterocycles.